The lowest BCUT2D eigenvalue weighted by atomic mass is 10.1. The van der Waals surface area contributed by atoms with Crippen LogP contribution < -0.4 is 21.3 Å². The van der Waals surface area contributed by atoms with Crippen LogP contribution >= 0.6 is 0 Å². The van der Waals surface area contributed by atoms with Gasteiger partial charge in [-0.2, -0.15) is 18.2 Å². The largest absolute Gasteiger partial charge is 0.421 e. The number of hydrogen-bond acceptors (Lipinski definition) is 6. The second-order valence-electron chi connectivity index (χ2n) is 7.53. The first kappa shape index (κ1) is 26.3. The van der Waals surface area contributed by atoms with E-state index in [2.05, 4.69) is 31.2 Å². The molecule has 190 valence electrons. The molecular formula is C23H21F5N6O2. The molecular weight excluding hydrogens is 487 g/mol. The summed E-state index contributed by atoms with van der Waals surface area (Å²) in [6, 6.07) is 8.85. The zero-order chi connectivity index (χ0) is 26.3. The van der Waals surface area contributed by atoms with E-state index in [1.165, 1.54) is 25.1 Å². The molecule has 4 N–H and O–H groups in total. The smallest absolute Gasteiger partial charge is 0.368 e. The summed E-state index contributed by atoms with van der Waals surface area (Å²) in [4.78, 5) is 31.0. The second kappa shape index (κ2) is 11.4. The first-order valence-corrected chi connectivity index (χ1v) is 10.5. The molecule has 0 bridgehead atoms. The van der Waals surface area contributed by atoms with Crippen molar-refractivity contribution >= 4 is 29.3 Å². The van der Waals surface area contributed by atoms with E-state index in [9.17, 15) is 31.5 Å². The predicted molar refractivity (Wildman–Crippen MR) is 121 cm³/mol. The second-order valence-corrected chi connectivity index (χ2v) is 7.53. The average Bonchev–Trinajstić information content (AvgIpc) is 2.79. The normalized spacial score (nSPS) is 11.1. The van der Waals surface area contributed by atoms with Crippen LogP contribution in [0.1, 0.15) is 28.4 Å². The Labute approximate surface area is 202 Å². The van der Waals surface area contributed by atoms with Crippen LogP contribution in [0.15, 0.2) is 48.7 Å². The minimum atomic E-state index is -4.71. The van der Waals surface area contributed by atoms with Crippen molar-refractivity contribution in [1.29, 1.82) is 0 Å². The third-order valence-electron chi connectivity index (χ3n) is 4.64. The molecule has 0 aliphatic heterocycles. The van der Waals surface area contributed by atoms with E-state index in [0.29, 0.717) is 18.0 Å². The maximum absolute atomic E-state index is 13.3. The van der Waals surface area contributed by atoms with Gasteiger partial charge in [0.25, 0.3) is 5.91 Å². The molecule has 1 aromatic heterocycles. The van der Waals surface area contributed by atoms with E-state index in [1.54, 1.807) is 6.07 Å². The van der Waals surface area contributed by atoms with Gasteiger partial charge in [-0.3, -0.25) is 9.59 Å². The number of anilines is 3. The van der Waals surface area contributed by atoms with Gasteiger partial charge in [0.2, 0.25) is 11.9 Å². The van der Waals surface area contributed by atoms with Crippen LogP contribution in [-0.2, 0) is 17.5 Å². The molecule has 0 saturated heterocycles. The summed E-state index contributed by atoms with van der Waals surface area (Å²) >= 11 is 0. The topological polar surface area (TPSA) is 108 Å². The van der Waals surface area contributed by atoms with Crippen LogP contribution in [0.3, 0.4) is 0 Å². The third kappa shape index (κ3) is 7.61. The number of nitrogens with zero attached hydrogens (tertiary/aromatic N) is 2. The van der Waals surface area contributed by atoms with Gasteiger partial charge in [-0.25, -0.2) is 13.8 Å². The molecule has 36 heavy (non-hydrogen) atoms. The third-order valence-corrected chi connectivity index (χ3v) is 4.64. The number of aromatic nitrogens is 2. The SMILES string of the molecule is CC(=O)NCCNc1nc(Nc2cccc(C(=O)NCc3cc(F)cc(F)c3)c2)ncc1C(F)(F)F. The Morgan fingerprint density at radius 2 is 1.69 bits per heavy atom. The van der Waals surface area contributed by atoms with Crippen LogP contribution in [0.5, 0.6) is 0 Å². The Morgan fingerprint density at radius 1 is 0.972 bits per heavy atom. The maximum Gasteiger partial charge on any atom is 0.421 e. The number of amides is 2. The van der Waals surface area contributed by atoms with Crippen molar-refractivity contribution in [2.45, 2.75) is 19.6 Å². The number of nitrogens with one attached hydrogen (secondary N) is 4. The zero-order valence-corrected chi connectivity index (χ0v) is 18.8. The average molecular weight is 508 g/mol. The summed E-state index contributed by atoms with van der Waals surface area (Å²) in [5, 5.41) is 10.3. The van der Waals surface area contributed by atoms with Gasteiger partial charge in [-0.05, 0) is 35.9 Å². The number of carbonyl (C=O) groups excluding carboxylic acids is 2. The van der Waals surface area contributed by atoms with Gasteiger partial charge in [-0.1, -0.05) is 6.07 Å². The van der Waals surface area contributed by atoms with Crippen LogP contribution in [-0.4, -0.2) is 34.9 Å². The number of hydrogen-bond donors (Lipinski definition) is 4. The molecule has 3 rings (SSSR count). The molecule has 0 saturated carbocycles. The molecule has 0 fully saturated rings. The molecule has 1 heterocycles. The number of benzene rings is 2. The fourth-order valence-electron chi connectivity index (χ4n) is 3.07. The first-order valence-electron chi connectivity index (χ1n) is 10.5. The molecule has 0 spiro atoms. The molecule has 13 heteroatoms. The Bertz CT molecular complexity index is 1230. The monoisotopic (exact) mass is 508 g/mol. The lowest BCUT2D eigenvalue weighted by molar-refractivity contribution is -0.137. The number of carbonyl (C=O) groups is 2. The molecule has 0 aliphatic rings. The van der Waals surface area contributed by atoms with Crippen LogP contribution in [0.2, 0.25) is 0 Å². The van der Waals surface area contributed by atoms with Gasteiger partial charge >= 0.3 is 6.18 Å². The molecule has 2 aromatic carbocycles. The van der Waals surface area contributed by atoms with E-state index < -0.39 is 35.1 Å². The summed E-state index contributed by atoms with van der Waals surface area (Å²) in [7, 11) is 0. The van der Waals surface area contributed by atoms with Crippen LogP contribution in [0, 0.1) is 11.6 Å². The molecule has 3 aromatic rings. The summed E-state index contributed by atoms with van der Waals surface area (Å²) in [6.07, 6.45) is -4.10. The van der Waals surface area contributed by atoms with Gasteiger partial charge in [0.1, 0.15) is 23.0 Å². The van der Waals surface area contributed by atoms with E-state index in [0.717, 1.165) is 12.1 Å². The molecule has 0 unspecified atom stereocenters. The van der Waals surface area contributed by atoms with Gasteiger partial charge in [0, 0.05) is 50.1 Å². The Hall–Kier alpha value is -4.29. The van der Waals surface area contributed by atoms with E-state index in [1.807, 2.05) is 0 Å². The quantitative estimate of drug-likeness (QED) is 0.257. The summed E-state index contributed by atoms with van der Waals surface area (Å²) < 4.78 is 66.6. The van der Waals surface area contributed by atoms with Crippen molar-refractivity contribution < 1.29 is 31.5 Å². The molecule has 8 nitrogen and oxygen atoms in total. The summed E-state index contributed by atoms with van der Waals surface area (Å²) in [5.74, 6) is -3.07. The number of halogens is 5. The number of rotatable bonds is 9. The maximum atomic E-state index is 13.3. The van der Waals surface area contributed by atoms with Crippen molar-refractivity contribution in [3.8, 4) is 0 Å². The Kier molecular flexibility index (Phi) is 8.35. The highest BCUT2D eigenvalue weighted by atomic mass is 19.4. The van der Waals surface area contributed by atoms with E-state index in [4.69, 9.17) is 0 Å². The lowest BCUT2D eigenvalue weighted by Crippen LogP contribution is -2.27. The minimum absolute atomic E-state index is 0.00994. The first-order chi connectivity index (χ1) is 17.0. The highest BCUT2D eigenvalue weighted by Gasteiger charge is 2.35. The van der Waals surface area contributed by atoms with Crippen molar-refractivity contribution in [2.24, 2.45) is 0 Å². The highest BCUT2D eigenvalue weighted by Crippen LogP contribution is 2.34. The minimum Gasteiger partial charge on any atom is -0.368 e. The van der Waals surface area contributed by atoms with Crippen molar-refractivity contribution in [2.75, 3.05) is 23.7 Å². The van der Waals surface area contributed by atoms with Crippen molar-refractivity contribution in [3.05, 3.63) is 77.0 Å². The Balaban J connectivity index is 1.71. The van der Waals surface area contributed by atoms with Gasteiger partial charge in [0.05, 0.1) is 0 Å². The molecule has 0 atom stereocenters. The summed E-state index contributed by atoms with van der Waals surface area (Å²) in [5.41, 5.74) is -0.370. The van der Waals surface area contributed by atoms with Gasteiger partial charge in [-0.15, -0.1) is 0 Å². The zero-order valence-electron chi connectivity index (χ0n) is 18.8. The van der Waals surface area contributed by atoms with Crippen LogP contribution in [0.4, 0.5) is 39.4 Å². The standard InChI is InChI=1S/C23H21F5N6O2/c1-13(35)29-5-6-30-20-19(23(26,27)28)12-32-22(34-20)33-18-4-2-3-15(9-18)21(36)31-11-14-7-16(24)10-17(25)8-14/h2-4,7-10,12H,5-6,11H2,1H3,(H,29,35)(H,31,36)(H2,30,32,33,34). The number of alkyl halides is 3. The lowest BCUT2D eigenvalue weighted by Gasteiger charge is -2.15. The van der Waals surface area contributed by atoms with Crippen LogP contribution in [0.25, 0.3) is 0 Å². The highest BCUT2D eigenvalue weighted by molar-refractivity contribution is 5.95. The van der Waals surface area contributed by atoms with Gasteiger partial charge in [0.15, 0.2) is 0 Å². The van der Waals surface area contributed by atoms with E-state index in [-0.39, 0.29) is 42.6 Å². The van der Waals surface area contributed by atoms with Gasteiger partial charge < -0.3 is 21.3 Å². The summed E-state index contributed by atoms with van der Waals surface area (Å²) in [6.45, 7) is 1.23. The molecule has 0 aliphatic carbocycles. The van der Waals surface area contributed by atoms with E-state index >= 15 is 0 Å². The predicted octanol–water partition coefficient (Wildman–Crippen LogP) is 4.00. The molecule has 2 amide bonds. The fourth-order valence-corrected chi connectivity index (χ4v) is 3.07. The fraction of sp³-hybridized carbons (Fsp3) is 0.217. The van der Waals surface area contributed by atoms with Crippen molar-refractivity contribution in [3.63, 3.8) is 0 Å². The van der Waals surface area contributed by atoms with Crippen molar-refractivity contribution in [1.82, 2.24) is 20.6 Å². The molecule has 0 radical (unpaired) electrons. The Morgan fingerprint density at radius 3 is 2.36 bits per heavy atom.